The van der Waals surface area contributed by atoms with E-state index in [-0.39, 0.29) is 11.5 Å². The zero-order chi connectivity index (χ0) is 15.9. The number of H-pyrrole nitrogens is 1. The predicted molar refractivity (Wildman–Crippen MR) is 82.6 cm³/mol. The molecule has 0 amide bonds. The molecule has 1 aromatic heterocycles. The molecule has 0 bridgehead atoms. The molecule has 2 rings (SSSR count). The highest BCUT2D eigenvalue weighted by atomic mass is 16.1. The highest BCUT2D eigenvalue weighted by molar-refractivity contribution is 5.77. The Kier molecular flexibility index (Phi) is 5.24. The molecule has 0 saturated carbocycles. The van der Waals surface area contributed by atoms with Crippen LogP contribution in [0.3, 0.4) is 0 Å². The van der Waals surface area contributed by atoms with E-state index >= 15 is 0 Å². The van der Waals surface area contributed by atoms with Crippen LogP contribution in [0, 0.1) is 28.6 Å². The van der Waals surface area contributed by atoms with Crippen molar-refractivity contribution in [3.8, 4) is 12.1 Å². The van der Waals surface area contributed by atoms with Crippen LogP contribution in [-0.2, 0) is 6.54 Å². The fourth-order valence-corrected chi connectivity index (χ4v) is 2.34. The highest BCUT2D eigenvalue weighted by Crippen LogP contribution is 2.10. The van der Waals surface area contributed by atoms with Crippen molar-refractivity contribution in [1.29, 1.82) is 10.5 Å². The van der Waals surface area contributed by atoms with Gasteiger partial charge in [0.15, 0.2) is 0 Å². The number of nitrogens with zero attached hydrogens (tertiary/aromatic N) is 4. The lowest BCUT2D eigenvalue weighted by atomic mass is 10.1. The van der Waals surface area contributed by atoms with E-state index in [9.17, 15) is 4.79 Å². The third-order valence-corrected chi connectivity index (χ3v) is 3.40. The van der Waals surface area contributed by atoms with Gasteiger partial charge in [0.25, 0.3) is 5.56 Å². The maximum Gasteiger partial charge on any atom is 0.258 e. The van der Waals surface area contributed by atoms with Gasteiger partial charge in [0.2, 0.25) is 0 Å². The molecule has 0 aliphatic rings. The molecule has 112 valence electrons. The first kappa shape index (κ1) is 15.7. The molecule has 0 radical (unpaired) electrons. The van der Waals surface area contributed by atoms with Crippen molar-refractivity contribution >= 4 is 10.9 Å². The number of hydrogen-bond donors (Lipinski definition) is 1. The summed E-state index contributed by atoms with van der Waals surface area (Å²) in [6.45, 7) is 0.986. The Morgan fingerprint density at radius 3 is 2.86 bits per heavy atom. The number of fused-ring (bicyclic) bond motifs is 1. The van der Waals surface area contributed by atoms with E-state index in [4.69, 9.17) is 10.5 Å². The summed E-state index contributed by atoms with van der Waals surface area (Å²) in [5.41, 5.74) is 0.506. The van der Waals surface area contributed by atoms with Crippen LogP contribution >= 0.6 is 0 Å². The Labute approximate surface area is 128 Å². The van der Waals surface area contributed by atoms with Gasteiger partial charge in [-0.3, -0.25) is 9.69 Å². The van der Waals surface area contributed by atoms with Gasteiger partial charge in [-0.1, -0.05) is 12.1 Å². The average molecular weight is 295 g/mol. The molecule has 0 spiro atoms. The van der Waals surface area contributed by atoms with Crippen LogP contribution in [0.4, 0.5) is 0 Å². The first-order chi connectivity index (χ1) is 10.6. The van der Waals surface area contributed by atoms with Crippen LogP contribution in [0.15, 0.2) is 29.1 Å². The minimum Gasteiger partial charge on any atom is -0.309 e. The molecule has 0 fully saturated rings. The Hall–Kier alpha value is -2.70. The number of rotatable bonds is 6. The lowest BCUT2D eigenvalue weighted by molar-refractivity contribution is 0.283. The summed E-state index contributed by atoms with van der Waals surface area (Å²) < 4.78 is 0. The van der Waals surface area contributed by atoms with Crippen molar-refractivity contribution in [2.45, 2.75) is 19.4 Å². The summed E-state index contributed by atoms with van der Waals surface area (Å²) in [6, 6.07) is 11.5. The maximum absolute atomic E-state index is 12.0. The van der Waals surface area contributed by atoms with Gasteiger partial charge >= 0.3 is 0 Å². The Balaban J connectivity index is 2.09. The fraction of sp³-hybridized carbons (Fsp3) is 0.375. The predicted octanol–water partition coefficient (Wildman–Crippen LogP) is 1.80. The summed E-state index contributed by atoms with van der Waals surface area (Å²) in [7, 11) is 1.87. The van der Waals surface area contributed by atoms with Crippen LogP contribution in [-0.4, -0.2) is 28.5 Å². The average Bonchev–Trinajstić information content (AvgIpc) is 2.51. The molecule has 1 heterocycles. The molecule has 1 N–H and O–H groups in total. The van der Waals surface area contributed by atoms with Gasteiger partial charge in [-0.05, 0) is 25.6 Å². The number of para-hydroxylation sites is 1. The van der Waals surface area contributed by atoms with Crippen molar-refractivity contribution in [3.63, 3.8) is 0 Å². The van der Waals surface area contributed by atoms with Gasteiger partial charge in [-0.2, -0.15) is 10.5 Å². The van der Waals surface area contributed by atoms with Crippen molar-refractivity contribution < 1.29 is 0 Å². The van der Waals surface area contributed by atoms with E-state index in [1.165, 1.54) is 0 Å². The van der Waals surface area contributed by atoms with Crippen molar-refractivity contribution in [2.24, 2.45) is 5.92 Å². The van der Waals surface area contributed by atoms with E-state index in [0.29, 0.717) is 42.7 Å². The number of benzene rings is 1. The zero-order valence-corrected chi connectivity index (χ0v) is 12.4. The third kappa shape index (κ3) is 3.91. The monoisotopic (exact) mass is 295 g/mol. The molecule has 0 aliphatic heterocycles. The van der Waals surface area contributed by atoms with Crippen LogP contribution in [0.1, 0.15) is 18.7 Å². The smallest absolute Gasteiger partial charge is 0.258 e. The van der Waals surface area contributed by atoms with Gasteiger partial charge in [-0.15, -0.1) is 0 Å². The molecular weight excluding hydrogens is 278 g/mol. The minimum atomic E-state index is -0.197. The van der Waals surface area contributed by atoms with E-state index in [1.807, 2.05) is 18.0 Å². The molecule has 6 nitrogen and oxygen atoms in total. The normalized spacial score (nSPS) is 12.0. The maximum atomic E-state index is 12.0. The molecule has 1 atom stereocenters. The molecular formula is C16H17N5O. The van der Waals surface area contributed by atoms with Crippen molar-refractivity contribution in [1.82, 2.24) is 14.9 Å². The molecule has 0 aliphatic carbocycles. The molecule has 2 aromatic rings. The number of nitriles is 2. The summed E-state index contributed by atoms with van der Waals surface area (Å²) in [5, 5.41) is 18.2. The van der Waals surface area contributed by atoms with Gasteiger partial charge in [0.05, 0.1) is 35.5 Å². The SMILES string of the molecule is CN(Cc1nc2ccccc2c(=O)[nH]1)C[C@H](C#N)CCC#N. The van der Waals surface area contributed by atoms with Crippen molar-refractivity contribution in [3.05, 3.63) is 40.4 Å². The summed E-state index contributed by atoms with van der Waals surface area (Å²) in [4.78, 5) is 21.1. The fourth-order valence-electron chi connectivity index (χ4n) is 2.34. The molecule has 0 unspecified atom stereocenters. The summed E-state index contributed by atoms with van der Waals surface area (Å²) >= 11 is 0. The topological polar surface area (TPSA) is 96.6 Å². The first-order valence-electron chi connectivity index (χ1n) is 7.07. The molecule has 0 saturated heterocycles. The minimum absolute atomic E-state index is 0.157. The second-order valence-corrected chi connectivity index (χ2v) is 5.25. The van der Waals surface area contributed by atoms with Crippen LogP contribution in [0.5, 0.6) is 0 Å². The van der Waals surface area contributed by atoms with Gasteiger partial charge in [-0.25, -0.2) is 4.98 Å². The van der Waals surface area contributed by atoms with Crippen LogP contribution in [0.2, 0.25) is 0 Å². The van der Waals surface area contributed by atoms with Gasteiger partial charge < -0.3 is 4.98 Å². The second-order valence-electron chi connectivity index (χ2n) is 5.25. The number of aromatic nitrogens is 2. The van der Waals surface area contributed by atoms with E-state index < -0.39 is 0 Å². The van der Waals surface area contributed by atoms with E-state index in [1.54, 1.807) is 18.2 Å². The standard InChI is InChI=1S/C16H17N5O/c1-21(10-12(9-18)5-4-8-17)11-15-19-14-7-3-2-6-13(14)16(22)20-15/h2-3,6-7,12H,4-5,10-11H2,1H3,(H,19,20,22)/t12-/m0/s1. The van der Waals surface area contributed by atoms with Gasteiger partial charge in [0.1, 0.15) is 5.82 Å². The first-order valence-corrected chi connectivity index (χ1v) is 7.07. The molecule has 6 heteroatoms. The number of hydrogen-bond acceptors (Lipinski definition) is 5. The Morgan fingerprint density at radius 2 is 2.14 bits per heavy atom. The van der Waals surface area contributed by atoms with Crippen molar-refractivity contribution in [2.75, 3.05) is 13.6 Å². The lowest BCUT2D eigenvalue weighted by Crippen LogP contribution is -2.27. The Morgan fingerprint density at radius 1 is 1.36 bits per heavy atom. The van der Waals surface area contributed by atoms with Crippen LogP contribution in [0.25, 0.3) is 10.9 Å². The quantitative estimate of drug-likeness (QED) is 0.876. The molecule has 22 heavy (non-hydrogen) atoms. The summed E-state index contributed by atoms with van der Waals surface area (Å²) in [5.74, 6) is 0.375. The number of aromatic amines is 1. The van der Waals surface area contributed by atoms with E-state index in [2.05, 4.69) is 22.1 Å². The lowest BCUT2D eigenvalue weighted by Gasteiger charge is -2.18. The van der Waals surface area contributed by atoms with Gasteiger partial charge in [0, 0.05) is 13.0 Å². The third-order valence-electron chi connectivity index (χ3n) is 3.40. The summed E-state index contributed by atoms with van der Waals surface area (Å²) in [6.07, 6.45) is 0.927. The largest absolute Gasteiger partial charge is 0.309 e. The highest BCUT2D eigenvalue weighted by Gasteiger charge is 2.12. The van der Waals surface area contributed by atoms with Crippen LogP contribution < -0.4 is 5.56 Å². The second kappa shape index (κ2) is 7.35. The molecule has 1 aromatic carbocycles. The Bertz CT molecular complexity index is 783. The van der Waals surface area contributed by atoms with E-state index in [0.717, 1.165) is 0 Å². The zero-order valence-electron chi connectivity index (χ0n) is 12.4. The number of nitrogens with one attached hydrogen (secondary N) is 1.